The number of hydrogen-bond donors (Lipinski definition) is 1. The topological polar surface area (TPSA) is 28.2 Å². The first-order chi connectivity index (χ1) is 9.06. The molecule has 1 aromatic heterocycles. The van der Waals surface area contributed by atoms with Gasteiger partial charge in [-0.2, -0.15) is 0 Å². The maximum Gasteiger partial charge on any atom is 0.107 e. The molecule has 0 aliphatic carbocycles. The van der Waals surface area contributed by atoms with Gasteiger partial charge in [-0.3, -0.25) is 0 Å². The largest absolute Gasteiger partial charge is 0.378 e. The second-order valence-corrected chi connectivity index (χ2v) is 6.27. The second kappa shape index (κ2) is 6.17. The summed E-state index contributed by atoms with van der Waals surface area (Å²) in [5, 5.41) is 4.66. The van der Waals surface area contributed by atoms with E-state index in [1.165, 1.54) is 16.1 Å². The Hall–Kier alpha value is -1.39. The van der Waals surface area contributed by atoms with Crippen molar-refractivity contribution in [3.05, 3.63) is 45.9 Å². The molecule has 0 saturated carbocycles. The lowest BCUT2D eigenvalue weighted by atomic mass is 10.1. The van der Waals surface area contributed by atoms with E-state index < -0.39 is 0 Å². The smallest absolute Gasteiger partial charge is 0.107 e. The lowest BCUT2D eigenvalue weighted by Gasteiger charge is -2.16. The molecule has 1 heterocycles. The SMILES string of the molecule is Cc1cnc(CNC(C)c2ccc(N(C)C)cc2)s1. The molecule has 0 aliphatic heterocycles. The summed E-state index contributed by atoms with van der Waals surface area (Å²) in [5.74, 6) is 0. The van der Waals surface area contributed by atoms with Gasteiger partial charge in [-0.05, 0) is 31.5 Å². The van der Waals surface area contributed by atoms with Gasteiger partial charge in [0.05, 0.1) is 0 Å². The van der Waals surface area contributed by atoms with Crippen LogP contribution < -0.4 is 10.2 Å². The van der Waals surface area contributed by atoms with Crippen LogP contribution in [0.2, 0.25) is 0 Å². The van der Waals surface area contributed by atoms with Crippen molar-refractivity contribution in [3.8, 4) is 0 Å². The Kier molecular flexibility index (Phi) is 4.56. The molecule has 1 N–H and O–H groups in total. The molecule has 4 heteroatoms. The molecule has 2 aromatic rings. The number of aryl methyl sites for hydroxylation is 1. The molecule has 2 rings (SSSR count). The normalized spacial score (nSPS) is 12.4. The van der Waals surface area contributed by atoms with Crippen molar-refractivity contribution in [2.45, 2.75) is 26.4 Å². The number of hydrogen-bond acceptors (Lipinski definition) is 4. The molecule has 19 heavy (non-hydrogen) atoms. The molecule has 0 aliphatic rings. The molecular weight excluding hydrogens is 254 g/mol. The Morgan fingerprint density at radius 2 is 1.95 bits per heavy atom. The Bertz CT molecular complexity index is 516. The van der Waals surface area contributed by atoms with Gasteiger partial charge in [0.1, 0.15) is 5.01 Å². The van der Waals surface area contributed by atoms with Gasteiger partial charge >= 0.3 is 0 Å². The minimum Gasteiger partial charge on any atom is -0.378 e. The third-order valence-electron chi connectivity index (χ3n) is 3.14. The predicted molar refractivity (Wildman–Crippen MR) is 82.9 cm³/mol. The highest BCUT2D eigenvalue weighted by molar-refractivity contribution is 7.11. The maximum absolute atomic E-state index is 4.37. The van der Waals surface area contributed by atoms with Crippen molar-refractivity contribution in [3.63, 3.8) is 0 Å². The molecule has 3 nitrogen and oxygen atoms in total. The van der Waals surface area contributed by atoms with Gasteiger partial charge in [0.25, 0.3) is 0 Å². The standard InChI is InChI=1S/C15H21N3S/c1-11-9-17-15(19-11)10-16-12(2)13-5-7-14(8-6-13)18(3)4/h5-9,12,16H,10H2,1-4H3. The number of rotatable bonds is 5. The molecule has 0 fully saturated rings. The third-order valence-corrected chi connectivity index (χ3v) is 4.05. The summed E-state index contributed by atoms with van der Waals surface area (Å²) in [5.41, 5.74) is 2.53. The van der Waals surface area contributed by atoms with Crippen LogP contribution in [0.1, 0.15) is 28.4 Å². The van der Waals surface area contributed by atoms with Crippen molar-refractivity contribution in [2.75, 3.05) is 19.0 Å². The number of nitrogens with zero attached hydrogens (tertiary/aromatic N) is 2. The summed E-state index contributed by atoms with van der Waals surface area (Å²) in [6, 6.07) is 9.00. The van der Waals surface area contributed by atoms with E-state index in [9.17, 15) is 0 Å². The van der Waals surface area contributed by atoms with Gasteiger partial charge in [-0.25, -0.2) is 4.98 Å². The summed E-state index contributed by atoms with van der Waals surface area (Å²) < 4.78 is 0. The fraction of sp³-hybridized carbons (Fsp3) is 0.400. The van der Waals surface area contributed by atoms with Crippen molar-refractivity contribution in [1.82, 2.24) is 10.3 Å². The van der Waals surface area contributed by atoms with Crippen LogP contribution >= 0.6 is 11.3 Å². The van der Waals surface area contributed by atoms with E-state index in [1.54, 1.807) is 11.3 Å². The number of aromatic nitrogens is 1. The van der Waals surface area contributed by atoms with E-state index in [0.29, 0.717) is 6.04 Å². The molecule has 0 spiro atoms. The molecule has 1 aromatic carbocycles. The van der Waals surface area contributed by atoms with Crippen LogP contribution in [0.25, 0.3) is 0 Å². The van der Waals surface area contributed by atoms with E-state index in [1.807, 2.05) is 6.20 Å². The van der Waals surface area contributed by atoms with Crippen LogP contribution in [0.15, 0.2) is 30.5 Å². The second-order valence-electron chi connectivity index (χ2n) is 4.95. The number of anilines is 1. The minimum atomic E-state index is 0.334. The van der Waals surface area contributed by atoms with Crippen molar-refractivity contribution in [1.29, 1.82) is 0 Å². The van der Waals surface area contributed by atoms with Crippen LogP contribution in [0.4, 0.5) is 5.69 Å². The number of benzene rings is 1. The van der Waals surface area contributed by atoms with E-state index in [-0.39, 0.29) is 0 Å². The Balaban J connectivity index is 1.94. The summed E-state index contributed by atoms with van der Waals surface area (Å²) in [4.78, 5) is 7.74. The predicted octanol–water partition coefficient (Wildman–Crippen LogP) is 3.37. The zero-order chi connectivity index (χ0) is 13.8. The van der Waals surface area contributed by atoms with E-state index in [4.69, 9.17) is 0 Å². The highest BCUT2D eigenvalue weighted by Crippen LogP contribution is 2.18. The Morgan fingerprint density at radius 3 is 2.47 bits per heavy atom. The maximum atomic E-state index is 4.37. The zero-order valence-corrected chi connectivity index (χ0v) is 12.8. The molecular formula is C15H21N3S. The van der Waals surface area contributed by atoms with E-state index in [2.05, 4.69) is 67.4 Å². The molecule has 102 valence electrons. The molecule has 0 bridgehead atoms. The van der Waals surface area contributed by atoms with Crippen molar-refractivity contribution < 1.29 is 0 Å². The number of nitrogens with one attached hydrogen (secondary N) is 1. The van der Waals surface area contributed by atoms with Gasteiger partial charge in [0, 0.05) is 43.4 Å². The Morgan fingerprint density at radius 1 is 1.26 bits per heavy atom. The highest BCUT2D eigenvalue weighted by atomic mass is 32.1. The molecule has 1 atom stereocenters. The first-order valence-electron chi connectivity index (χ1n) is 6.48. The van der Waals surface area contributed by atoms with E-state index in [0.717, 1.165) is 11.6 Å². The van der Waals surface area contributed by atoms with Gasteiger partial charge in [-0.15, -0.1) is 11.3 Å². The quantitative estimate of drug-likeness (QED) is 0.907. The van der Waals surface area contributed by atoms with Crippen LogP contribution in [0, 0.1) is 6.92 Å². The fourth-order valence-electron chi connectivity index (χ4n) is 1.90. The lowest BCUT2D eigenvalue weighted by molar-refractivity contribution is 0.573. The van der Waals surface area contributed by atoms with Gasteiger partial charge in [-0.1, -0.05) is 12.1 Å². The van der Waals surface area contributed by atoms with Crippen LogP contribution in [0.5, 0.6) is 0 Å². The third kappa shape index (κ3) is 3.78. The number of thiazole rings is 1. The first-order valence-corrected chi connectivity index (χ1v) is 7.30. The Labute approximate surface area is 119 Å². The summed E-state index contributed by atoms with van der Waals surface area (Å²) in [7, 11) is 4.11. The summed E-state index contributed by atoms with van der Waals surface area (Å²) in [6.07, 6.45) is 1.93. The average molecular weight is 275 g/mol. The first kappa shape index (κ1) is 14.0. The lowest BCUT2D eigenvalue weighted by Crippen LogP contribution is -2.18. The van der Waals surface area contributed by atoms with Crippen LogP contribution in [-0.2, 0) is 6.54 Å². The average Bonchev–Trinajstić information content (AvgIpc) is 2.82. The highest BCUT2D eigenvalue weighted by Gasteiger charge is 2.06. The van der Waals surface area contributed by atoms with Crippen LogP contribution in [0.3, 0.4) is 0 Å². The monoisotopic (exact) mass is 275 g/mol. The molecule has 0 radical (unpaired) electrons. The van der Waals surface area contributed by atoms with Gasteiger partial charge in [0.15, 0.2) is 0 Å². The van der Waals surface area contributed by atoms with Crippen molar-refractivity contribution >= 4 is 17.0 Å². The summed E-state index contributed by atoms with van der Waals surface area (Å²) >= 11 is 1.75. The van der Waals surface area contributed by atoms with Crippen molar-refractivity contribution in [2.24, 2.45) is 0 Å². The van der Waals surface area contributed by atoms with Gasteiger partial charge in [0.2, 0.25) is 0 Å². The molecule has 1 unspecified atom stereocenters. The zero-order valence-electron chi connectivity index (χ0n) is 12.0. The summed E-state index contributed by atoms with van der Waals surface area (Å²) in [6.45, 7) is 5.10. The van der Waals surface area contributed by atoms with Gasteiger partial charge < -0.3 is 10.2 Å². The minimum absolute atomic E-state index is 0.334. The van der Waals surface area contributed by atoms with Crippen LogP contribution in [-0.4, -0.2) is 19.1 Å². The fourth-order valence-corrected chi connectivity index (χ4v) is 2.64. The molecule has 0 saturated heterocycles. The van der Waals surface area contributed by atoms with E-state index >= 15 is 0 Å². The molecule has 0 amide bonds.